The molecular weight excluding hydrogens is 308 g/mol. The fraction of sp³-hybridized carbons (Fsp3) is 0.333. The van der Waals surface area contributed by atoms with Crippen LogP contribution in [0.5, 0.6) is 0 Å². The number of hydrogen-bond donors (Lipinski definition) is 0. The lowest BCUT2D eigenvalue weighted by Crippen LogP contribution is -2.03. The highest BCUT2D eigenvalue weighted by atomic mass is 19.1. The van der Waals surface area contributed by atoms with Crippen molar-refractivity contribution in [2.24, 2.45) is 0 Å². The molecule has 0 aliphatic carbocycles. The van der Waals surface area contributed by atoms with Crippen molar-refractivity contribution in [3.05, 3.63) is 70.8 Å². The van der Waals surface area contributed by atoms with Gasteiger partial charge in [-0.2, -0.15) is 0 Å². The molecule has 0 saturated heterocycles. The number of hydrogen-bond acceptors (Lipinski definition) is 1. The fourth-order valence-corrected chi connectivity index (χ4v) is 2.35. The van der Waals surface area contributed by atoms with Crippen LogP contribution in [0.15, 0.2) is 36.4 Å². The molecule has 23 heavy (non-hydrogen) atoms. The number of rotatable bonds is 8. The largest absolute Gasteiger partial charge is 0.381 e. The zero-order valence-corrected chi connectivity index (χ0v) is 12.6. The van der Waals surface area contributed by atoms with Crippen LogP contribution in [0.25, 0.3) is 0 Å². The van der Waals surface area contributed by atoms with Gasteiger partial charge in [-0.15, -0.1) is 0 Å². The van der Waals surface area contributed by atoms with Crippen LogP contribution >= 0.6 is 0 Å². The Morgan fingerprint density at radius 2 is 0.957 bits per heavy atom. The van der Waals surface area contributed by atoms with E-state index >= 15 is 0 Å². The van der Waals surface area contributed by atoms with E-state index in [1.807, 2.05) is 0 Å². The summed E-state index contributed by atoms with van der Waals surface area (Å²) in [7, 11) is 0. The molecule has 0 N–H and O–H groups in total. The highest BCUT2D eigenvalue weighted by molar-refractivity contribution is 5.20. The van der Waals surface area contributed by atoms with Crippen molar-refractivity contribution in [1.82, 2.24) is 0 Å². The summed E-state index contributed by atoms with van der Waals surface area (Å²) in [5.74, 6) is -2.22. The Balaban J connectivity index is 1.65. The highest BCUT2D eigenvalue weighted by Gasteiger charge is 2.09. The van der Waals surface area contributed by atoms with Crippen molar-refractivity contribution in [3.8, 4) is 0 Å². The summed E-state index contributed by atoms with van der Waals surface area (Å²) in [4.78, 5) is 0. The molecule has 1 nitrogen and oxygen atoms in total. The van der Waals surface area contributed by atoms with Crippen LogP contribution in [-0.4, -0.2) is 13.2 Å². The third-order valence-corrected chi connectivity index (χ3v) is 3.55. The summed E-state index contributed by atoms with van der Waals surface area (Å²) in [5, 5.41) is 0. The van der Waals surface area contributed by atoms with Crippen LogP contribution in [-0.2, 0) is 17.6 Å². The summed E-state index contributed by atoms with van der Waals surface area (Å²) in [6, 6.07) is 7.55. The monoisotopic (exact) mass is 326 g/mol. The minimum Gasteiger partial charge on any atom is -0.381 e. The number of ether oxygens (including phenoxy) is 1. The van der Waals surface area contributed by atoms with Gasteiger partial charge in [0.2, 0.25) is 0 Å². The van der Waals surface area contributed by atoms with E-state index in [4.69, 9.17) is 4.74 Å². The Kier molecular flexibility index (Phi) is 6.59. The molecular formula is C18H18F4O. The minimum absolute atomic E-state index is 0.0597. The lowest BCUT2D eigenvalue weighted by molar-refractivity contribution is 0.129. The van der Waals surface area contributed by atoms with Crippen LogP contribution in [0.3, 0.4) is 0 Å². The fourth-order valence-electron chi connectivity index (χ4n) is 2.35. The second-order valence-corrected chi connectivity index (χ2v) is 5.22. The molecule has 0 heterocycles. The molecule has 2 aromatic carbocycles. The van der Waals surface area contributed by atoms with Gasteiger partial charge in [-0.1, -0.05) is 12.1 Å². The molecule has 0 atom stereocenters. The molecule has 0 aliphatic rings. The Morgan fingerprint density at radius 1 is 0.609 bits per heavy atom. The first-order valence-electron chi connectivity index (χ1n) is 7.53. The molecule has 2 rings (SSSR count). The van der Waals surface area contributed by atoms with Gasteiger partial charge in [0.25, 0.3) is 0 Å². The van der Waals surface area contributed by atoms with Crippen molar-refractivity contribution in [1.29, 1.82) is 0 Å². The van der Waals surface area contributed by atoms with Gasteiger partial charge in [-0.05, 0) is 49.9 Å². The molecule has 0 aliphatic heterocycles. The summed E-state index contributed by atoms with van der Waals surface area (Å²) in [6.45, 7) is 0.682. The maximum absolute atomic E-state index is 13.4. The predicted molar refractivity (Wildman–Crippen MR) is 80.2 cm³/mol. The average molecular weight is 326 g/mol. The van der Waals surface area contributed by atoms with Crippen molar-refractivity contribution in [2.75, 3.05) is 13.2 Å². The summed E-state index contributed by atoms with van der Waals surface area (Å²) < 4.78 is 58.9. The number of halogens is 4. The van der Waals surface area contributed by atoms with Crippen molar-refractivity contribution in [2.45, 2.75) is 25.7 Å². The van der Waals surface area contributed by atoms with Gasteiger partial charge in [0, 0.05) is 24.3 Å². The van der Waals surface area contributed by atoms with Crippen molar-refractivity contribution >= 4 is 0 Å². The quantitative estimate of drug-likeness (QED) is 0.499. The molecule has 0 spiro atoms. The van der Waals surface area contributed by atoms with Gasteiger partial charge < -0.3 is 4.74 Å². The Labute approximate surface area is 132 Å². The molecule has 2 aromatic rings. The maximum Gasteiger partial charge on any atom is 0.129 e. The van der Waals surface area contributed by atoms with E-state index < -0.39 is 23.3 Å². The smallest absolute Gasteiger partial charge is 0.129 e. The van der Waals surface area contributed by atoms with Gasteiger partial charge in [-0.25, -0.2) is 17.6 Å². The first kappa shape index (κ1) is 17.5. The third kappa shape index (κ3) is 5.06. The second kappa shape index (κ2) is 8.67. The predicted octanol–water partition coefficient (Wildman–Crippen LogP) is 4.83. The zero-order valence-electron chi connectivity index (χ0n) is 12.6. The van der Waals surface area contributed by atoms with E-state index in [1.54, 1.807) is 0 Å². The molecule has 0 aromatic heterocycles. The second-order valence-electron chi connectivity index (χ2n) is 5.22. The normalized spacial score (nSPS) is 11.0. The van der Waals surface area contributed by atoms with Gasteiger partial charge in [0.05, 0.1) is 0 Å². The lowest BCUT2D eigenvalue weighted by atomic mass is 10.1. The van der Waals surface area contributed by atoms with Crippen LogP contribution in [0.1, 0.15) is 24.0 Å². The van der Waals surface area contributed by atoms with E-state index in [2.05, 4.69) is 0 Å². The van der Waals surface area contributed by atoms with Crippen LogP contribution < -0.4 is 0 Å². The molecule has 5 heteroatoms. The molecule has 0 radical (unpaired) electrons. The Hall–Kier alpha value is -1.88. The van der Waals surface area contributed by atoms with Crippen molar-refractivity contribution in [3.63, 3.8) is 0 Å². The summed E-state index contributed by atoms with van der Waals surface area (Å²) in [6.07, 6.45) is 1.46. The van der Waals surface area contributed by atoms with Crippen molar-refractivity contribution < 1.29 is 22.3 Å². The molecule has 124 valence electrons. The van der Waals surface area contributed by atoms with E-state index in [9.17, 15) is 17.6 Å². The average Bonchev–Trinajstić information content (AvgIpc) is 2.51. The SMILES string of the molecule is Fc1cccc(F)c1CCCOCCCc1c(F)cccc1F. The topological polar surface area (TPSA) is 9.23 Å². The van der Waals surface area contributed by atoms with E-state index in [0.717, 1.165) is 0 Å². The van der Waals surface area contributed by atoms with Crippen LogP contribution in [0.2, 0.25) is 0 Å². The highest BCUT2D eigenvalue weighted by Crippen LogP contribution is 2.15. The van der Waals surface area contributed by atoms with Gasteiger partial charge in [-0.3, -0.25) is 0 Å². The zero-order chi connectivity index (χ0) is 16.7. The van der Waals surface area contributed by atoms with Gasteiger partial charge >= 0.3 is 0 Å². The first-order chi connectivity index (χ1) is 11.1. The van der Waals surface area contributed by atoms with Crippen LogP contribution in [0, 0.1) is 23.3 Å². The molecule has 0 amide bonds. The molecule has 0 fully saturated rings. The van der Waals surface area contributed by atoms with Gasteiger partial charge in [0.15, 0.2) is 0 Å². The number of benzene rings is 2. The molecule has 0 saturated carbocycles. The standard InChI is InChI=1S/C18H18F4O/c19-15-7-1-8-16(20)13(15)5-3-11-23-12-4-6-14-17(21)9-2-10-18(14)22/h1-2,7-10H,3-6,11-12H2. The summed E-state index contributed by atoms with van der Waals surface area (Å²) in [5.41, 5.74) is 0.119. The summed E-state index contributed by atoms with van der Waals surface area (Å²) >= 11 is 0. The minimum atomic E-state index is -0.556. The van der Waals surface area contributed by atoms with E-state index in [-0.39, 0.29) is 24.0 Å². The molecule has 0 unspecified atom stereocenters. The lowest BCUT2D eigenvalue weighted by Gasteiger charge is -2.07. The van der Waals surface area contributed by atoms with Gasteiger partial charge in [0.1, 0.15) is 23.3 Å². The van der Waals surface area contributed by atoms with E-state index in [1.165, 1.54) is 36.4 Å². The molecule has 0 bridgehead atoms. The maximum atomic E-state index is 13.4. The Morgan fingerprint density at radius 3 is 1.30 bits per heavy atom. The van der Waals surface area contributed by atoms with E-state index in [0.29, 0.717) is 26.1 Å². The van der Waals surface area contributed by atoms with Crippen LogP contribution in [0.4, 0.5) is 17.6 Å². The third-order valence-electron chi connectivity index (χ3n) is 3.55. The Bertz CT molecular complexity index is 547. The first-order valence-corrected chi connectivity index (χ1v) is 7.53.